The van der Waals surface area contributed by atoms with E-state index in [2.05, 4.69) is 15.3 Å². The summed E-state index contributed by atoms with van der Waals surface area (Å²) in [6.45, 7) is 2.38. The molecule has 0 aliphatic carbocycles. The van der Waals surface area contributed by atoms with Crippen LogP contribution in [0.2, 0.25) is 5.02 Å². The summed E-state index contributed by atoms with van der Waals surface area (Å²) in [5, 5.41) is 3.38. The number of benzene rings is 2. The van der Waals surface area contributed by atoms with E-state index in [1.54, 1.807) is 30.3 Å². The second-order valence-electron chi connectivity index (χ2n) is 7.04. The monoisotopic (exact) mass is 462 g/mol. The smallest absolute Gasteiger partial charge is 0.328 e. The lowest BCUT2D eigenvalue weighted by Crippen LogP contribution is -2.39. The number of amides is 2. The molecule has 3 N–H and O–H groups in total. The van der Waals surface area contributed by atoms with Gasteiger partial charge < -0.3 is 10.3 Å². The summed E-state index contributed by atoms with van der Waals surface area (Å²) in [5.74, 6) is 0.488. The fourth-order valence-corrected chi connectivity index (χ4v) is 4.17. The Morgan fingerprint density at radius 3 is 2.74 bits per heavy atom. The lowest BCUT2D eigenvalue weighted by molar-refractivity contribution is 0.245. The Kier molecular flexibility index (Phi) is 7.29. The first-order chi connectivity index (χ1) is 14.8. The summed E-state index contributed by atoms with van der Waals surface area (Å²) in [7, 11) is -3.99. The summed E-state index contributed by atoms with van der Waals surface area (Å²) in [4.78, 5) is 31.2. The molecule has 164 valence electrons. The number of carbonyl (C=O) groups excluding carboxylic acids is 1. The van der Waals surface area contributed by atoms with Crippen molar-refractivity contribution >= 4 is 38.6 Å². The number of aromatic amines is 1. The first-order valence-electron chi connectivity index (χ1n) is 9.86. The van der Waals surface area contributed by atoms with Crippen molar-refractivity contribution in [2.45, 2.75) is 37.5 Å². The van der Waals surface area contributed by atoms with E-state index in [4.69, 9.17) is 11.6 Å². The Morgan fingerprint density at radius 2 is 1.97 bits per heavy atom. The van der Waals surface area contributed by atoms with Crippen LogP contribution in [0.15, 0.2) is 52.2 Å². The molecule has 1 heterocycles. The lowest BCUT2D eigenvalue weighted by atomic mass is 10.1. The molecule has 31 heavy (non-hydrogen) atoms. The highest BCUT2D eigenvalue weighted by molar-refractivity contribution is 7.90. The quantitative estimate of drug-likeness (QED) is 0.444. The van der Waals surface area contributed by atoms with Gasteiger partial charge in [-0.2, -0.15) is 0 Å². The summed E-state index contributed by atoms with van der Waals surface area (Å²) in [6.07, 6.45) is 2.51. The molecular formula is C21H23ClN4O4S. The molecule has 2 amide bonds. The summed E-state index contributed by atoms with van der Waals surface area (Å²) in [6, 6.07) is 10.5. The molecular weight excluding hydrogens is 440 g/mol. The summed E-state index contributed by atoms with van der Waals surface area (Å²) < 4.78 is 27.0. The highest BCUT2D eigenvalue weighted by atomic mass is 35.5. The average Bonchev–Trinajstić information content (AvgIpc) is 2.73. The molecule has 0 aliphatic heterocycles. The molecule has 1 aromatic heterocycles. The van der Waals surface area contributed by atoms with E-state index in [0.29, 0.717) is 41.1 Å². The maximum absolute atomic E-state index is 12.5. The van der Waals surface area contributed by atoms with Crippen LogP contribution in [0.4, 0.5) is 4.79 Å². The summed E-state index contributed by atoms with van der Waals surface area (Å²) >= 11 is 5.93. The Balaban J connectivity index is 1.71. The van der Waals surface area contributed by atoms with Crippen LogP contribution in [0.3, 0.4) is 0 Å². The molecule has 0 saturated heterocycles. The van der Waals surface area contributed by atoms with E-state index in [1.165, 1.54) is 12.1 Å². The number of unbranched alkanes of at least 4 members (excludes halogenated alkanes) is 1. The van der Waals surface area contributed by atoms with Gasteiger partial charge in [0, 0.05) is 18.0 Å². The minimum absolute atomic E-state index is 0.00903. The van der Waals surface area contributed by atoms with Crippen molar-refractivity contribution in [2.24, 2.45) is 0 Å². The molecule has 0 fully saturated rings. The van der Waals surface area contributed by atoms with Crippen molar-refractivity contribution in [3.05, 3.63) is 69.2 Å². The van der Waals surface area contributed by atoms with Gasteiger partial charge in [0.25, 0.3) is 15.6 Å². The van der Waals surface area contributed by atoms with Crippen molar-refractivity contribution in [2.75, 3.05) is 6.54 Å². The standard InChI is InChI=1S/C21H23ClN4O4S/c1-2-3-11-23-21(28)26-31(29,30)16-6-4-5-14(12-16)7-10-19-24-18-9-8-15(22)13-17(18)20(27)25-19/h4-6,8-9,12-13H,2-3,7,10-11H2,1H3,(H2,23,26,28)(H,24,25,27). The lowest BCUT2D eigenvalue weighted by Gasteiger charge is -2.10. The molecule has 0 atom stereocenters. The van der Waals surface area contributed by atoms with E-state index in [0.717, 1.165) is 18.4 Å². The molecule has 0 spiro atoms. The SMILES string of the molecule is CCCCNC(=O)NS(=O)(=O)c1cccc(CCc2nc3ccc(Cl)cc3c(=O)[nH]2)c1. The molecule has 3 aromatic rings. The molecule has 10 heteroatoms. The molecule has 8 nitrogen and oxygen atoms in total. The number of hydrogen-bond acceptors (Lipinski definition) is 5. The predicted molar refractivity (Wildman–Crippen MR) is 120 cm³/mol. The Labute approximate surface area is 185 Å². The molecule has 0 bridgehead atoms. The molecule has 0 saturated carbocycles. The van der Waals surface area contributed by atoms with Crippen LogP contribution in [0.1, 0.15) is 31.2 Å². The van der Waals surface area contributed by atoms with Gasteiger partial charge in [0.2, 0.25) is 0 Å². The van der Waals surface area contributed by atoms with Crippen LogP contribution in [-0.4, -0.2) is 31.0 Å². The fourth-order valence-electron chi connectivity index (χ4n) is 3.00. The summed E-state index contributed by atoms with van der Waals surface area (Å²) in [5.41, 5.74) is 0.989. The Bertz CT molecular complexity index is 1260. The first kappa shape index (κ1) is 22.8. The largest absolute Gasteiger partial charge is 0.337 e. The normalized spacial score (nSPS) is 11.4. The molecule has 0 radical (unpaired) electrons. The van der Waals surface area contributed by atoms with Gasteiger partial charge in [-0.25, -0.2) is 22.9 Å². The van der Waals surface area contributed by atoms with E-state index in [-0.39, 0.29) is 10.5 Å². The highest BCUT2D eigenvalue weighted by Crippen LogP contribution is 2.16. The first-order valence-corrected chi connectivity index (χ1v) is 11.7. The predicted octanol–water partition coefficient (Wildman–Crippen LogP) is 3.15. The minimum Gasteiger partial charge on any atom is -0.337 e. The third kappa shape index (κ3) is 6.05. The zero-order valence-electron chi connectivity index (χ0n) is 16.9. The van der Waals surface area contributed by atoms with Gasteiger partial charge in [-0.1, -0.05) is 37.1 Å². The zero-order chi connectivity index (χ0) is 22.4. The Morgan fingerprint density at radius 1 is 1.16 bits per heavy atom. The molecule has 0 aliphatic rings. The van der Waals surface area contributed by atoms with Crippen LogP contribution in [0.5, 0.6) is 0 Å². The second-order valence-corrected chi connectivity index (χ2v) is 9.16. The highest BCUT2D eigenvalue weighted by Gasteiger charge is 2.17. The number of sulfonamides is 1. The van der Waals surface area contributed by atoms with Crippen LogP contribution >= 0.6 is 11.6 Å². The number of hydrogen-bond donors (Lipinski definition) is 3. The number of aryl methyl sites for hydroxylation is 2. The van der Waals surface area contributed by atoms with Crippen molar-refractivity contribution in [3.8, 4) is 0 Å². The third-order valence-electron chi connectivity index (χ3n) is 4.62. The maximum atomic E-state index is 12.5. The van der Waals surface area contributed by atoms with E-state index in [1.807, 2.05) is 11.6 Å². The van der Waals surface area contributed by atoms with Crippen LogP contribution < -0.4 is 15.6 Å². The zero-order valence-corrected chi connectivity index (χ0v) is 18.5. The number of aromatic nitrogens is 2. The van der Waals surface area contributed by atoms with Gasteiger partial charge in [0.15, 0.2) is 0 Å². The molecule has 3 rings (SSSR count). The van der Waals surface area contributed by atoms with Crippen molar-refractivity contribution in [1.29, 1.82) is 0 Å². The fraction of sp³-hybridized carbons (Fsp3) is 0.286. The molecule has 2 aromatic carbocycles. The van der Waals surface area contributed by atoms with Gasteiger partial charge in [0.05, 0.1) is 15.8 Å². The topological polar surface area (TPSA) is 121 Å². The number of urea groups is 1. The second kappa shape index (κ2) is 9.93. The third-order valence-corrected chi connectivity index (χ3v) is 6.18. The van der Waals surface area contributed by atoms with Gasteiger partial charge in [0.1, 0.15) is 5.82 Å². The number of rotatable bonds is 8. The van der Waals surface area contributed by atoms with Gasteiger partial charge in [-0.15, -0.1) is 0 Å². The number of nitrogens with zero attached hydrogens (tertiary/aromatic N) is 1. The van der Waals surface area contributed by atoms with Crippen molar-refractivity contribution in [3.63, 3.8) is 0 Å². The van der Waals surface area contributed by atoms with Crippen molar-refractivity contribution < 1.29 is 13.2 Å². The van der Waals surface area contributed by atoms with Gasteiger partial charge >= 0.3 is 6.03 Å². The Hall–Kier alpha value is -2.91. The number of H-pyrrole nitrogens is 1. The van der Waals surface area contributed by atoms with E-state index in [9.17, 15) is 18.0 Å². The van der Waals surface area contributed by atoms with E-state index >= 15 is 0 Å². The van der Waals surface area contributed by atoms with Gasteiger partial charge in [-0.05, 0) is 48.7 Å². The molecule has 0 unspecified atom stereocenters. The van der Waals surface area contributed by atoms with Crippen LogP contribution in [0, 0.1) is 0 Å². The van der Waals surface area contributed by atoms with Gasteiger partial charge in [-0.3, -0.25) is 4.79 Å². The van der Waals surface area contributed by atoms with Crippen LogP contribution in [0.25, 0.3) is 10.9 Å². The number of carbonyl (C=O) groups is 1. The maximum Gasteiger partial charge on any atom is 0.328 e. The van der Waals surface area contributed by atoms with E-state index < -0.39 is 16.1 Å². The number of fused-ring (bicyclic) bond motifs is 1. The number of halogens is 1. The minimum atomic E-state index is -3.99. The van der Waals surface area contributed by atoms with Crippen molar-refractivity contribution in [1.82, 2.24) is 20.0 Å². The van der Waals surface area contributed by atoms with Crippen LogP contribution in [-0.2, 0) is 22.9 Å². The number of nitrogens with one attached hydrogen (secondary N) is 3. The average molecular weight is 463 g/mol.